The summed E-state index contributed by atoms with van der Waals surface area (Å²) in [5.41, 5.74) is 1.08. The number of ether oxygens (including phenoxy) is 1. The molecule has 1 N–H and O–H groups in total. The quantitative estimate of drug-likeness (QED) is 0.419. The van der Waals surface area contributed by atoms with E-state index in [1.807, 2.05) is 0 Å². The fourth-order valence-electron chi connectivity index (χ4n) is 2.73. The van der Waals surface area contributed by atoms with E-state index in [1.165, 1.54) is 25.7 Å². The van der Waals surface area contributed by atoms with E-state index < -0.39 is 24.0 Å². The molecule has 1 fully saturated rings. The van der Waals surface area contributed by atoms with Crippen molar-refractivity contribution in [2.75, 3.05) is 0 Å². The summed E-state index contributed by atoms with van der Waals surface area (Å²) in [5, 5.41) is 9.33. The lowest BCUT2D eigenvalue weighted by atomic mass is 9.90. The Morgan fingerprint density at radius 2 is 1.75 bits per heavy atom. The Kier molecular flexibility index (Phi) is 6.76. The fourth-order valence-corrected chi connectivity index (χ4v) is 2.73. The van der Waals surface area contributed by atoms with Gasteiger partial charge in [-0.3, -0.25) is 4.79 Å². The number of carbonyl (C=O) groups is 2. The first-order chi connectivity index (χ1) is 9.49. The van der Waals surface area contributed by atoms with Gasteiger partial charge in [0, 0.05) is 0 Å². The van der Waals surface area contributed by atoms with Crippen LogP contribution < -0.4 is 0 Å². The summed E-state index contributed by atoms with van der Waals surface area (Å²) >= 11 is 0. The van der Waals surface area contributed by atoms with E-state index in [9.17, 15) is 14.7 Å². The Balaban J connectivity index is 2.51. The van der Waals surface area contributed by atoms with E-state index in [4.69, 9.17) is 4.74 Å². The molecule has 1 saturated heterocycles. The zero-order valence-corrected chi connectivity index (χ0v) is 12.8. The Morgan fingerprint density at radius 3 is 2.30 bits per heavy atom. The van der Waals surface area contributed by atoms with Crippen molar-refractivity contribution in [2.45, 2.75) is 71.8 Å². The second-order valence-electron chi connectivity index (χ2n) is 5.73. The molecule has 0 saturated carbocycles. The number of aliphatic carboxylic acids is 1. The average molecular weight is 282 g/mol. The van der Waals surface area contributed by atoms with Gasteiger partial charge in [-0.25, -0.2) is 4.79 Å². The summed E-state index contributed by atoms with van der Waals surface area (Å²) < 4.78 is 5.26. The number of hydrogen-bond acceptors (Lipinski definition) is 3. The summed E-state index contributed by atoms with van der Waals surface area (Å²) in [6, 6.07) is 0. The third kappa shape index (κ3) is 4.36. The van der Waals surface area contributed by atoms with Crippen LogP contribution in [0.25, 0.3) is 0 Å². The topological polar surface area (TPSA) is 63.6 Å². The highest BCUT2D eigenvalue weighted by molar-refractivity contribution is 5.98. The van der Waals surface area contributed by atoms with Gasteiger partial charge in [0.2, 0.25) is 0 Å². The molecule has 1 rings (SSSR count). The van der Waals surface area contributed by atoms with Crippen molar-refractivity contribution in [3.63, 3.8) is 0 Å². The van der Waals surface area contributed by atoms with E-state index in [2.05, 4.69) is 6.92 Å². The number of carboxylic acid groups (broad SMARTS) is 1. The van der Waals surface area contributed by atoms with Gasteiger partial charge in [0.15, 0.2) is 0 Å². The van der Waals surface area contributed by atoms with Crippen LogP contribution in [0.15, 0.2) is 11.1 Å². The van der Waals surface area contributed by atoms with Crippen molar-refractivity contribution in [1.29, 1.82) is 0 Å². The second kappa shape index (κ2) is 8.08. The van der Waals surface area contributed by atoms with Crippen molar-refractivity contribution >= 4 is 11.9 Å². The lowest BCUT2D eigenvalue weighted by molar-refractivity contribution is -0.144. The number of allylic oxidation sites excluding steroid dienone is 1. The summed E-state index contributed by atoms with van der Waals surface area (Å²) in [6.45, 7) is 5.70. The molecule has 4 nitrogen and oxygen atoms in total. The van der Waals surface area contributed by atoms with Crippen molar-refractivity contribution in [3.05, 3.63) is 11.1 Å². The molecule has 0 aromatic heterocycles. The first-order valence-corrected chi connectivity index (χ1v) is 7.60. The van der Waals surface area contributed by atoms with Crippen molar-refractivity contribution in [3.8, 4) is 0 Å². The van der Waals surface area contributed by atoms with E-state index in [0.717, 1.165) is 18.4 Å². The van der Waals surface area contributed by atoms with E-state index in [1.54, 1.807) is 13.8 Å². The minimum Gasteiger partial charge on any atom is -0.481 e. The van der Waals surface area contributed by atoms with Crippen LogP contribution in [0, 0.1) is 5.92 Å². The Bertz CT molecular complexity index is 380. The number of rotatable bonds is 8. The summed E-state index contributed by atoms with van der Waals surface area (Å²) in [5.74, 6) is -2.19. The highest BCUT2D eigenvalue weighted by Crippen LogP contribution is 2.33. The van der Waals surface area contributed by atoms with Gasteiger partial charge in [-0.1, -0.05) is 44.6 Å². The fraction of sp³-hybridized carbons (Fsp3) is 0.750. The maximum Gasteiger partial charge on any atom is 0.335 e. The molecule has 1 aliphatic heterocycles. The monoisotopic (exact) mass is 282 g/mol. The molecule has 4 heteroatoms. The lowest BCUT2D eigenvalue weighted by Crippen LogP contribution is -2.25. The zero-order valence-electron chi connectivity index (χ0n) is 12.8. The van der Waals surface area contributed by atoms with Crippen LogP contribution in [0.5, 0.6) is 0 Å². The third-order valence-corrected chi connectivity index (χ3v) is 3.81. The zero-order chi connectivity index (χ0) is 15.1. The molecule has 1 aliphatic rings. The Hall–Kier alpha value is -1.32. The molecular formula is C16H26O4. The lowest BCUT2D eigenvalue weighted by Gasteiger charge is -2.14. The van der Waals surface area contributed by atoms with Gasteiger partial charge in [0.05, 0.1) is 5.57 Å². The van der Waals surface area contributed by atoms with E-state index in [-0.39, 0.29) is 0 Å². The third-order valence-electron chi connectivity index (χ3n) is 3.81. The molecule has 114 valence electrons. The van der Waals surface area contributed by atoms with Crippen LogP contribution in [-0.2, 0) is 14.3 Å². The second-order valence-corrected chi connectivity index (χ2v) is 5.73. The number of hydrogen-bond donors (Lipinski definition) is 1. The molecule has 0 unspecified atom stereocenters. The average Bonchev–Trinajstić information content (AvgIpc) is 2.70. The van der Waals surface area contributed by atoms with Crippen molar-refractivity contribution < 1.29 is 19.4 Å². The van der Waals surface area contributed by atoms with E-state index >= 15 is 0 Å². The molecule has 0 amide bonds. The van der Waals surface area contributed by atoms with Crippen LogP contribution >= 0.6 is 0 Å². The van der Waals surface area contributed by atoms with E-state index in [0.29, 0.717) is 12.0 Å². The van der Waals surface area contributed by atoms with Crippen LogP contribution in [0.1, 0.15) is 65.7 Å². The first-order valence-electron chi connectivity index (χ1n) is 7.60. The maximum absolute atomic E-state index is 11.8. The molecule has 0 bridgehead atoms. The standard InChI is InChI=1S/C16H26O4/c1-4-5-6-7-8-9-10-12-14(15(17)18)13(11(2)3)16(19)20-12/h12,14H,4-10H2,1-3H3,(H,17,18)/t12-,14-/m1/s1. The maximum atomic E-state index is 11.8. The van der Waals surface area contributed by atoms with Gasteiger partial charge < -0.3 is 9.84 Å². The molecule has 1 heterocycles. The van der Waals surface area contributed by atoms with Gasteiger partial charge in [-0.2, -0.15) is 0 Å². The predicted octanol–water partition coefficient (Wildman–Crippen LogP) is 3.70. The largest absolute Gasteiger partial charge is 0.481 e. The van der Waals surface area contributed by atoms with Crippen LogP contribution in [0.2, 0.25) is 0 Å². The highest BCUT2D eigenvalue weighted by atomic mass is 16.6. The number of esters is 1. The van der Waals surface area contributed by atoms with Gasteiger partial charge in [0.1, 0.15) is 12.0 Å². The molecule has 0 aromatic carbocycles. The highest BCUT2D eigenvalue weighted by Gasteiger charge is 2.44. The Morgan fingerprint density at radius 1 is 1.15 bits per heavy atom. The molecule has 0 aliphatic carbocycles. The number of carboxylic acids is 1. The molecule has 20 heavy (non-hydrogen) atoms. The van der Waals surface area contributed by atoms with Crippen LogP contribution in [0.3, 0.4) is 0 Å². The SMILES string of the molecule is CCCCCCCC[C@H]1OC(=O)C(=C(C)C)[C@@H]1C(=O)O. The first kappa shape index (κ1) is 16.7. The Labute approximate surface area is 121 Å². The molecule has 2 atom stereocenters. The summed E-state index contributed by atoms with van der Waals surface area (Å²) in [7, 11) is 0. The normalized spacial score (nSPS) is 21.9. The van der Waals surface area contributed by atoms with Crippen LogP contribution in [-0.4, -0.2) is 23.1 Å². The minimum atomic E-state index is -0.956. The molecule has 0 radical (unpaired) electrons. The number of unbranched alkanes of at least 4 members (excludes halogenated alkanes) is 5. The van der Waals surface area contributed by atoms with Gasteiger partial charge >= 0.3 is 11.9 Å². The van der Waals surface area contributed by atoms with Gasteiger partial charge in [0.25, 0.3) is 0 Å². The minimum absolute atomic E-state index is 0.341. The molecule has 0 spiro atoms. The summed E-state index contributed by atoms with van der Waals surface area (Å²) in [4.78, 5) is 23.2. The van der Waals surface area contributed by atoms with Crippen molar-refractivity contribution in [2.24, 2.45) is 5.92 Å². The number of cyclic esters (lactones) is 1. The van der Waals surface area contributed by atoms with Crippen LogP contribution in [0.4, 0.5) is 0 Å². The predicted molar refractivity (Wildman–Crippen MR) is 77.4 cm³/mol. The molecule has 0 aromatic rings. The molecular weight excluding hydrogens is 256 g/mol. The van der Waals surface area contributed by atoms with Gasteiger partial charge in [-0.15, -0.1) is 0 Å². The van der Waals surface area contributed by atoms with Gasteiger partial charge in [-0.05, 0) is 26.7 Å². The smallest absolute Gasteiger partial charge is 0.335 e. The summed E-state index contributed by atoms with van der Waals surface area (Å²) in [6.07, 6.45) is 7.00. The van der Waals surface area contributed by atoms with Crippen molar-refractivity contribution in [1.82, 2.24) is 0 Å². The number of carbonyl (C=O) groups excluding carboxylic acids is 1.